The number of carbonyl (C=O) groups is 1. The molecular formula is C9H17NO3. The Balaban J connectivity index is 2.31. The van der Waals surface area contributed by atoms with Gasteiger partial charge in [0, 0.05) is 6.04 Å². The molecule has 3 N–H and O–H groups in total. The molecule has 4 nitrogen and oxygen atoms in total. The van der Waals surface area contributed by atoms with Gasteiger partial charge in [-0.05, 0) is 38.5 Å². The summed E-state index contributed by atoms with van der Waals surface area (Å²) in [6.45, 7) is 1.89. The van der Waals surface area contributed by atoms with Crippen molar-refractivity contribution in [2.45, 2.75) is 44.8 Å². The number of carboxylic acid groups (broad SMARTS) is 1. The molecule has 0 aromatic heterocycles. The average molecular weight is 187 g/mol. The molecule has 0 heterocycles. The highest BCUT2D eigenvalue weighted by Gasteiger charge is 2.24. The van der Waals surface area contributed by atoms with Crippen molar-refractivity contribution >= 4 is 6.09 Å². The van der Waals surface area contributed by atoms with E-state index in [1.165, 1.54) is 0 Å². The largest absolute Gasteiger partial charge is 0.465 e. The van der Waals surface area contributed by atoms with Crippen LogP contribution in [-0.4, -0.2) is 28.5 Å². The van der Waals surface area contributed by atoms with E-state index in [0.29, 0.717) is 5.92 Å². The van der Waals surface area contributed by atoms with Crippen LogP contribution < -0.4 is 5.32 Å². The number of hydrogen-bond acceptors (Lipinski definition) is 2. The Labute approximate surface area is 78.0 Å². The van der Waals surface area contributed by atoms with Crippen LogP contribution in [0.15, 0.2) is 0 Å². The molecule has 1 atom stereocenters. The summed E-state index contributed by atoms with van der Waals surface area (Å²) in [5.74, 6) is 0.388. The Kier molecular flexibility index (Phi) is 3.54. The third-order valence-corrected chi connectivity index (χ3v) is 2.80. The maximum absolute atomic E-state index is 10.4. The van der Waals surface area contributed by atoms with E-state index >= 15 is 0 Å². The number of amides is 1. The van der Waals surface area contributed by atoms with Crippen LogP contribution in [0.3, 0.4) is 0 Å². The van der Waals surface area contributed by atoms with Gasteiger partial charge in [0.15, 0.2) is 0 Å². The molecule has 1 unspecified atom stereocenters. The smallest absolute Gasteiger partial charge is 0.404 e. The second kappa shape index (κ2) is 4.46. The number of aliphatic hydroxyl groups is 1. The van der Waals surface area contributed by atoms with Gasteiger partial charge in [-0.15, -0.1) is 0 Å². The first-order valence-corrected chi connectivity index (χ1v) is 4.77. The molecule has 0 aromatic rings. The van der Waals surface area contributed by atoms with Gasteiger partial charge in [0.2, 0.25) is 0 Å². The van der Waals surface area contributed by atoms with Crippen molar-refractivity contribution in [3.8, 4) is 0 Å². The van der Waals surface area contributed by atoms with Crippen LogP contribution in [0.5, 0.6) is 0 Å². The van der Waals surface area contributed by atoms with Gasteiger partial charge in [0.25, 0.3) is 0 Å². The molecule has 1 fully saturated rings. The summed E-state index contributed by atoms with van der Waals surface area (Å²) >= 11 is 0. The molecule has 4 heteroatoms. The molecule has 1 amide bonds. The molecule has 0 radical (unpaired) electrons. The second-order valence-corrected chi connectivity index (χ2v) is 3.81. The normalized spacial score (nSPS) is 30.9. The van der Waals surface area contributed by atoms with E-state index in [0.717, 1.165) is 25.7 Å². The minimum Gasteiger partial charge on any atom is -0.465 e. The molecule has 76 valence electrons. The maximum Gasteiger partial charge on any atom is 0.404 e. The van der Waals surface area contributed by atoms with E-state index in [1.807, 2.05) is 6.92 Å². The lowest BCUT2D eigenvalue weighted by molar-refractivity contribution is 0.0985. The third-order valence-electron chi connectivity index (χ3n) is 2.80. The summed E-state index contributed by atoms with van der Waals surface area (Å²) in [7, 11) is 0. The Morgan fingerprint density at radius 1 is 1.38 bits per heavy atom. The van der Waals surface area contributed by atoms with Gasteiger partial charge in [-0.1, -0.05) is 0 Å². The fourth-order valence-corrected chi connectivity index (χ4v) is 1.91. The van der Waals surface area contributed by atoms with Crippen LogP contribution in [0.4, 0.5) is 4.79 Å². The lowest BCUT2D eigenvalue weighted by Crippen LogP contribution is -2.39. The van der Waals surface area contributed by atoms with E-state index in [9.17, 15) is 9.90 Å². The Bertz CT molecular complexity index is 176. The predicted octanol–water partition coefficient (Wildman–Crippen LogP) is 1.19. The van der Waals surface area contributed by atoms with E-state index < -0.39 is 6.09 Å². The zero-order valence-electron chi connectivity index (χ0n) is 7.86. The first kappa shape index (κ1) is 10.3. The van der Waals surface area contributed by atoms with Gasteiger partial charge >= 0.3 is 6.09 Å². The SMILES string of the molecule is CC(NC(=O)O)C1CCC(O)CC1. The Hall–Kier alpha value is -0.770. The molecule has 0 saturated heterocycles. The van der Waals surface area contributed by atoms with Crippen molar-refractivity contribution in [2.75, 3.05) is 0 Å². The number of rotatable bonds is 2. The monoisotopic (exact) mass is 187 g/mol. The molecule has 1 aliphatic rings. The number of aliphatic hydroxyl groups excluding tert-OH is 1. The molecule has 0 aliphatic heterocycles. The second-order valence-electron chi connectivity index (χ2n) is 3.81. The molecular weight excluding hydrogens is 170 g/mol. The summed E-state index contributed by atoms with van der Waals surface area (Å²) in [5, 5.41) is 20.2. The van der Waals surface area contributed by atoms with Gasteiger partial charge in [-0.2, -0.15) is 0 Å². The van der Waals surface area contributed by atoms with E-state index in [-0.39, 0.29) is 12.1 Å². The summed E-state index contributed by atoms with van der Waals surface area (Å²) in [6, 6.07) is 0.00463. The van der Waals surface area contributed by atoms with Gasteiger partial charge in [-0.3, -0.25) is 0 Å². The predicted molar refractivity (Wildman–Crippen MR) is 48.6 cm³/mol. The van der Waals surface area contributed by atoms with Crippen LogP contribution in [0.1, 0.15) is 32.6 Å². The van der Waals surface area contributed by atoms with Crippen molar-refractivity contribution in [3.63, 3.8) is 0 Å². The van der Waals surface area contributed by atoms with Crippen molar-refractivity contribution in [2.24, 2.45) is 5.92 Å². The molecule has 1 rings (SSSR count). The highest BCUT2D eigenvalue weighted by Crippen LogP contribution is 2.26. The fraction of sp³-hybridized carbons (Fsp3) is 0.889. The standard InChI is InChI=1S/C9H17NO3/c1-6(10-9(12)13)7-2-4-8(11)5-3-7/h6-8,10-11H,2-5H2,1H3,(H,12,13). The van der Waals surface area contributed by atoms with Crippen molar-refractivity contribution in [1.82, 2.24) is 5.32 Å². The highest BCUT2D eigenvalue weighted by atomic mass is 16.4. The Morgan fingerprint density at radius 2 is 1.92 bits per heavy atom. The lowest BCUT2D eigenvalue weighted by atomic mass is 9.83. The minimum atomic E-state index is -0.960. The van der Waals surface area contributed by atoms with Crippen LogP contribution in [0.2, 0.25) is 0 Å². The quantitative estimate of drug-likeness (QED) is 0.608. The molecule has 0 spiro atoms. The van der Waals surface area contributed by atoms with Crippen LogP contribution in [0, 0.1) is 5.92 Å². The molecule has 1 saturated carbocycles. The molecule has 13 heavy (non-hydrogen) atoms. The fourth-order valence-electron chi connectivity index (χ4n) is 1.91. The number of nitrogens with one attached hydrogen (secondary N) is 1. The first-order chi connectivity index (χ1) is 6.09. The highest BCUT2D eigenvalue weighted by molar-refractivity contribution is 5.64. The summed E-state index contributed by atoms with van der Waals surface area (Å²) < 4.78 is 0. The van der Waals surface area contributed by atoms with E-state index in [1.54, 1.807) is 0 Å². The summed E-state index contributed by atoms with van der Waals surface area (Å²) in [6.07, 6.45) is 2.31. The van der Waals surface area contributed by atoms with Crippen molar-refractivity contribution in [1.29, 1.82) is 0 Å². The van der Waals surface area contributed by atoms with Gasteiger partial charge in [-0.25, -0.2) is 4.79 Å². The minimum absolute atomic E-state index is 0.00463. The maximum atomic E-state index is 10.4. The zero-order valence-corrected chi connectivity index (χ0v) is 7.86. The molecule has 0 aromatic carbocycles. The van der Waals surface area contributed by atoms with Gasteiger partial charge in [0.05, 0.1) is 6.10 Å². The first-order valence-electron chi connectivity index (χ1n) is 4.77. The van der Waals surface area contributed by atoms with E-state index in [2.05, 4.69) is 5.32 Å². The number of hydrogen-bond donors (Lipinski definition) is 3. The third kappa shape index (κ3) is 3.22. The Morgan fingerprint density at radius 3 is 2.38 bits per heavy atom. The van der Waals surface area contributed by atoms with Crippen molar-refractivity contribution < 1.29 is 15.0 Å². The van der Waals surface area contributed by atoms with Crippen LogP contribution >= 0.6 is 0 Å². The van der Waals surface area contributed by atoms with Crippen molar-refractivity contribution in [3.05, 3.63) is 0 Å². The molecule has 0 bridgehead atoms. The summed E-state index contributed by atoms with van der Waals surface area (Å²) in [4.78, 5) is 10.4. The lowest BCUT2D eigenvalue weighted by Gasteiger charge is -2.29. The molecule has 1 aliphatic carbocycles. The van der Waals surface area contributed by atoms with Gasteiger partial charge < -0.3 is 15.5 Å². The van der Waals surface area contributed by atoms with Crippen LogP contribution in [-0.2, 0) is 0 Å². The van der Waals surface area contributed by atoms with Crippen LogP contribution in [0.25, 0.3) is 0 Å². The van der Waals surface area contributed by atoms with E-state index in [4.69, 9.17) is 5.11 Å². The zero-order chi connectivity index (χ0) is 9.84. The topological polar surface area (TPSA) is 69.6 Å². The summed E-state index contributed by atoms with van der Waals surface area (Å²) in [5.41, 5.74) is 0. The van der Waals surface area contributed by atoms with Gasteiger partial charge in [0.1, 0.15) is 0 Å². The average Bonchev–Trinajstić information content (AvgIpc) is 2.04.